The number of aryl methyl sites for hydroxylation is 3. The van der Waals surface area contributed by atoms with E-state index in [4.69, 9.17) is 4.98 Å². The van der Waals surface area contributed by atoms with E-state index in [9.17, 15) is 0 Å². The fourth-order valence-corrected chi connectivity index (χ4v) is 2.94. The Labute approximate surface area is 123 Å². The zero-order valence-corrected chi connectivity index (χ0v) is 13.0. The van der Waals surface area contributed by atoms with Crippen molar-refractivity contribution in [3.8, 4) is 11.3 Å². The molecule has 0 unspecified atom stereocenters. The second-order valence-electron chi connectivity index (χ2n) is 4.96. The molecule has 0 N–H and O–H groups in total. The van der Waals surface area contributed by atoms with Crippen molar-refractivity contribution >= 4 is 22.8 Å². The van der Waals surface area contributed by atoms with Gasteiger partial charge in [-0.25, -0.2) is 4.98 Å². The molecule has 0 bridgehead atoms. The van der Waals surface area contributed by atoms with Crippen LogP contribution in [-0.4, -0.2) is 21.0 Å². The van der Waals surface area contributed by atoms with E-state index < -0.39 is 0 Å². The summed E-state index contributed by atoms with van der Waals surface area (Å²) >= 11 is 1.74. The molecule has 0 saturated heterocycles. The van der Waals surface area contributed by atoms with Crippen LogP contribution >= 0.6 is 11.8 Å². The molecule has 1 aromatic carbocycles. The maximum absolute atomic E-state index is 4.72. The lowest BCUT2D eigenvalue weighted by molar-refractivity contribution is 0.748. The van der Waals surface area contributed by atoms with Crippen molar-refractivity contribution in [2.45, 2.75) is 18.7 Å². The molecule has 0 amide bonds. The van der Waals surface area contributed by atoms with E-state index in [0.29, 0.717) is 0 Å². The normalized spacial score (nSPS) is 11.2. The van der Waals surface area contributed by atoms with E-state index in [1.54, 1.807) is 11.8 Å². The Balaban J connectivity index is 2.22. The van der Waals surface area contributed by atoms with Gasteiger partial charge >= 0.3 is 0 Å². The summed E-state index contributed by atoms with van der Waals surface area (Å²) in [6.45, 7) is 4.21. The monoisotopic (exact) mass is 283 g/mol. The first kappa shape index (κ1) is 13.2. The van der Waals surface area contributed by atoms with E-state index in [1.165, 1.54) is 10.5 Å². The van der Waals surface area contributed by atoms with Gasteiger partial charge in [0.2, 0.25) is 0 Å². The van der Waals surface area contributed by atoms with Crippen LogP contribution in [0.3, 0.4) is 0 Å². The molecule has 0 aliphatic rings. The van der Waals surface area contributed by atoms with Gasteiger partial charge in [-0.3, -0.25) is 4.68 Å². The van der Waals surface area contributed by atoms with Gasteiger partial charge in [-0.2, -0.15) is 5.10 Å². The van der Waals surface area contributed by atoms with Gasteiger partial charge in [-0.15, -0.1) is 11.8 Å². The number of thioether (sulfide) groups is 1. The largest absolute Gasteiger partial charge is 0.270 e. The average molecular weight is 283 g/mol. The zero-order valence-electron chi connectivity index (χ0n) is 12.1. The van der Waals surface area contributed by atoms with Gasteiger partial charge in [0.05, 0.1) is 5.69 Å². The van der Waals surface area contributed by atoms with E-state index in [2.05, 4.69) is 55.5 Å². The van der Waals surface area contributed by atoms with Gasteiger partial charge < -0.3 is 0 Å². The van der Waals surface area contributed by atoms with Crippen molar-refractivity contribution in [3.63, 3.8) is 0 Å². The molecule has 20 heavy (non-hydrogen) atoms. The lowest BCUT2D eigenvalue weighted by atomic mass is 10.1. The first-order valence-corrected chi connectivity index (χ1v) is 7.78. The Morgan fingerprint density at radius 3 is 2.70 bits per heavy atom. The lowest BCUT2D eigenvalue weighted by Gasteiger charge is -2.05. The number of benzene rings is 1. The summed E-state index contributed by atoms with van der Waals surface area (Å²) in [6.07, 6.45) is 2.09. The highest BCUT2D eigenvalue weighted by Gasteiger charge is 2.11. The van der Waals surface area contributed by atoms with E-state index in [1.807, 2.05) is 11.7 Å². The number of nitrogens with zero attached hydrogens (tertiary/aromatic N) is 3. The summed E-state index contributed by atoms with van der Waals surface area (Å²) in [6, 6.07) is 10.6. The van der Waals surface area contributed by atoms with Gasteiger partial charge in [0.15, 0.2) is 5.65 Å². The third kappa shape index (κ3) is 2.10. The molecule has 2 aromatic heterocycles. The topological polar surface area (TPSA) is 30.7 Å². The van der Waals surface area contributed by atoms with E-state index in [-0.39, 0.29) is 0 Å². The minimum Gasteiger partial charge on any atom is -0.270 e. The van der Waals surface area contributed by atoms with Gasteiger partial charge in [-0.05, 0) is 43.9 Å². The fraction of sp³-hybridized carbons (Fsp3) is 0.250. The van der Waals surface area contributed by atoms with Crippen molar-refractivity contribution in [1.29, 1.82) is 0 Å². The predicted octanol–water partition coefficient (Wildman–Crippen LogP) is 3.97. The number of aromatic nitrogens is 3. The predicted molar refractivity (Wildman–Crippen MR) is 85.2 cm³/mol. The highest BCUT2D eigenvalue weighted by atomic mass is 32.2. The molecule has 3 rings (SSSR count). The third-order valence-electron chi connectivity index (χ3n) is 3.65. The van der Waals surface area contributed by atoms with E-state index in [0.717, 1.165) is 28.0 Å². The van der Waals surface area contributed by atoms with Crippen LogP contribution in [0.1, 0.15) is 11.3 Å². The van der Waals surface area contributed by atoms with Crippen LogP contribution in [0.25, 0.3) is 22.3 Å². The Morgan fingerprint density at radius 2 is 1.95 bits per heavy atom. The molecule has 0 atom stereocenters. The summed E-state index contributed by atoms with van der Waals surface area (Å²) in [4.78, 5) is 5.97. The Kier molecular flexibility index (Phi) is 3.26. The number of rotatable bonds is 2. The molecule has 0 spiro atoms. The molecule has 0 saturated carbocycles. The van der Waals surface area contributed by atoms with Crippen LogP contribution in [-0.2, 0) is 7.05 Å². The molecule has 102 valence electrons. The first-order valence-electron chi connectivity index (χ1n) is 6.55. The first-order chi connectivity index (χ1) is 9.60. The van der Waals surface area contributed by atoms with Gasteiger partial charge in [0, 0.05) is 28.6 Å². The average Bonchev–Trinajstić information content (AvgIpc) is 2.74. The lowest BCUT2D eigenvalue weighted by Crippen LogP contribution is -1.91. The highest BCUT2D eigenvalue weighted by molar-refractivity contribution is 7.98. The summed E-state index contributed by atoms with van der Waals surface area (Å²) in [5, 5.41) is 5.67. The SMILES string of the molecule is CSc1cccc(-c2cc(C)c3c(C)n(C)nc3n2)c1. The number of fused-ring (bicyclic) bond motifs is 1. The summed E-state index contributed by atoms with van der Waals surface area (Å²) in [7, 11) is 1.96. The molecule has 2 heterocycles. The number of pyridine rings is 1. The number of hydrogen-bond donors (Lipinski definition) is 0. The molecular weight excluding hydrogens is 266 g/mol. The van der Waals surface area contributed by atoms with Crippen molar-refractivity contribution in [3.05, 3.63) is 41.6 Å². The molecule has 0 fully saturated rings. The smallest absolute Gasteiger partial charge is 0.182 e. The summed E-state index contributed by atoms with van der Waals surface area (Å²) in [5.41, 5.74) is 5.35. The summed E-state index contributed by atoms with van der Waals surface area (Å²) < 4.78 is 1.90. The maximum atomic E-state index is 4.72. The second kappa shape index (κ2) is 4.94. The van der Waals surface area contributed by atoms with Crippen LogP contribution < -0.4 is 0 Å². The van der Waals surface area contributed by atoms with Crippen molar-refractivity contribution in [1.82, 2.24) is 14.8 Å². The Morgan fingerprint density at radius 1 is 1.15 bits per heavy atom. The summed E-state index contributed by atoms with van der Waals surface area (Å²) in [5.74, 6) is 0. The molecule has 4 heteroatoms. The fourth-order valence-electron chi connectivity index (χ4n) is 2.48. The van der Waals surface area contributed by atoms with Gasteiger partial charge in [0.1, 0.15) is 0 Å². The quantitative estimate of drug-likeness (QED) is 0.667. The van der Waals surface area contributed by atoms with E-state index >= 15 is 0 Å². The number of hydrogen-bond acceptors (Lipinski definition) is 3. The third-order valence-corrected chi connectivity index (χ3v) is 4.38. The minimum absolute atomic E-state index is 0.828. The van der Waals surface area contributed by atoms with Crippen molar-refractivity contribution in [2.75, 3.05) is 6.26 Å². The molecule has 0 radical (unpaired) electrons. The maximum Gasteiger partial charge on any atom is 0.182 e. The minimum atomic E-state index is 0.828. The standard InChI is InChI=1S/C16H17N3S/c1-10-8-14(12-6-5-7-13(9-12)20-4)17-16-15(10)11(2)19(3)18-16/h5-9H,1-4H3. The van der Waals surface area contributed by atoms with Crippen LogP contribution in [0.4, 0.5) is 0 Å². The van der Waals surface area contributed by atoms with Crippen LogP contribution in [0.5, 0.6) is 0 Å². The van der Waals surface area contributed by atoms with Crippen LogP contribution in [0.15, 0.2) is 35.2 Å². The molecule has 0 aliphatic carbocycles. The zero-order chi connectivity index (χ0) is 14.3. The van der Waals surface area contributed by atoms with Gasteiger partial charge in [-0.1, -0.05) is 12.1 Å². The molecule has 3 aromatic rings. The Hall–Kier alpha value is -1.81. The van der Waals surface area contributed by atoms with Crippen molar-refractivity contribution in [2.24, 2.45) is 7.05 Å². The second-order valence-corrected chi connectivity index (χ2v) is 5.84. The van der Waals surface area contributed by atoms with Crippen LogP contribution in [0, 0.1) is 13.8 Å². The molecule has 3 nitrogen and oxygen atoms in total. The van der Waals surface area contributed by atoms with Gasteiger partial charge in [0.25, 0.3) is 0 Å². The Bertz CT molecular complexity index is 790. The van der Waals surface area contributed by atoms with Crippen LogP contribution in [0.2, 0.25) is 0 Å². The molecule has 0 aliphatic heterocycles. The highest BCUT2D eigenvalue weighted by Crippen LogP contribution is 2.27. The molecular formula is C16H17N3S. The van der Waals surface area contributed by atoms with Crippen molar-refractivity contribution < 1.29 is 0 Å².